The summed E-state index contributed by atoms with van der Waals surface area (Å²) in [5.41, 5.74) is 1.11. The van der Waals surface area contributed by atoms with Crippen LogP contribution in [0.2, 0.25) is 0 Å². The molecular formula is C13H14N4O4. The fourth-order valence-corrected chi connectivity index (χ4v) is 2.27. The Morgan fingerprint density at radius 1 is 1.48 bits per heavy atom. The van der Waals surface area contributed by atoms with Crippen molar-refractivity contribution in [3.8, 4) is 11.5 Å². The first-order valence-electron chi connectivity index (χ1n) is 6.56. The monoisotopic (exact) mass is 290 g/mol. The van der Waals surface area contributed by atoms with Gasteiger partial charge in [-0.05, 0) is 13.0 Å². The van der Waals surface area contributed by atoms with Crippen LogP contribution in [0, 0.1) is 17.0 Å². The molecule has 1 atom stereocenters. The van der Waals surface area contributed by atoms with Crippen molar-refractivity contribution in [3.63, 3.8) is 0 Å². The predicted octanol–water partition coefficient (Wildman–Crippen LogP) is 1.61. The molecule has 0 bridgehead atoms. The molecule has 0 aliphatic carbocycles. The van der Waals surface area contributed by atoms with Gasteiger partial charge in [-0.1, -0.05) is 11.2 Å². The number of aromatic nitrogens is 2. The summed E-state index contributed by atoms with van der Waals surface area (Å²) in [5, 5.41) is 18.1. The molecule has 1 saturated heterocycles. The topological polar surface area (TPSA) is 103 Å². The number of nitrogens with zero attached hydrogens (tertiary/aromatic N) is 3. The Morgan fingerprint density at radius 3 is 3.05 bits per heavy atom. The Morgan fingerprint density at radius 2 is 2.33 bits per heavy atom. The van der Waals surface area contributed by atoms with Gasteiger partial charge in [0.25, 0.3) is 11.6 Å². The molecule has 0 radical (unpaired) electrons. The van der Waals surface area contributed by atoms with E-state index in [2.05, 4.69) is 15.5 Å². The van der Waals surface area contributed by atoms with Gasteiger partial charge in [0.05, 0.1) is 24.2 Å². The highest BCUT2D eigenvalue weighted by Crippen LogP contribution is 2.29. The number of nitrogens with one attached hydrogen (secondary N) is 1. The molecule has 1 aromatic heterocycles. The van der Waals surface area contributed by atoms with E-state index in [1.54, 1.807) is 19.1 Å². The summed E-state index contributed by atoms with van der Waals surface area (Å²) in [6, 6.07) is 4.67. The Hall–Kier alpha value is -2.32. The van der Waals surface area contributed by atoms with Crippen molar-refractivity contribution in [3.05, 3.63) is 39.7 Å². The summed E-state index contributed by atoms with van der Waals surface area (Å²) in [5.74, 6) is 0.772. The fraction of sp³-hybridized carbons (Fsp3) is 0.385. The zero-order valence-corrected chi connectivity index (χ0v) is 11.4. The van der Waals surface area contributed by atoms with E-state index in [4.69, 9.17) is 9.26 Å². The summed E-state index contributed by atoms with van der Waals surface area (Å²) in [7, 11) is 0. The van der Waals surface area contributed by atoms with Crippen molar-refractivity contribution < 1.29 is 14.2 Å². The van der Waals surface area contributed by atoms with Gasteiger partial charge in [-0.25, -0.2) is 0 Å². The van der Waals surface area contributed by atoms with Gasteiger partial charge >= 0.3 is 0 Å². The first-order valence-corrected chi connectivity index (χ1v) is 6.56. The molecule has 1 N–H and O–H groups in total. The van der Waals surface area contributed by atoms with Crippen LogP contribution in [0.25, 0.3) is 11.5 Å². The molecule has 1 unspecified atom stereocenters. The molecule has 8 nitrogen and oxygen atoms in total. The predicted molar refractivity (Wildman–Crippen MR) is 72.7 cm³/mol. The molecule has 21 heavy (non-hydrogen) atoms. The fourth-order valence-electron chi connectivity index (χ4n) is 2.27. The van der Waals surface area contributed by atoms with E-state index in [0.717, 1.165) is 6.54 Å². The normalized spacial score (nSPS) is 18.6. The quantitative estimate of drug-likeness (QED) is 0.676. The number of benzene rings is 1. The smallest absolute Gasteiger partial charge is 0.273 e. The maximum atomic E-state index is 11.0. The van der Waals surface area contributed by atoms with Crippen LogP contribution in [0.1, 0.15) is 17.4 Å². The van der Waals surface area contributed by atoms with E-state index in [1.165, 1.54) is 6.07 Å². The number of hydrogen-bond acceptors (Lipinski definition) is 7. The summed E-state index contributed by atoms with van der Waals surface area (Å²) >= 11 is 0. The van der Waals surface area contributed by atoms with E-state index in [0.29, 0.717) is 30.2 Å². The van der Waals surface area contributed by atoms with Crippen LogP contribution >= 0.6 is 0 Å². The summed E-state index contributed by atoms with van der Waals surface area (Å²) in [6.45, 7) is 3.53. The van der Waals surface area contributed by atoms with Gasteiger partial charge in [0.15, 0.2) is 5.82 Å². The standard InChI is InChI=1S/C13H14N4O4/c1-8-9(3-2-4-11(8)17(18)19)13-15-12(16-21-13)10-7-20-6-5-14-10/h2-4,10,14H,5-7H2,1H3. The van der Waals surface area contributed by atoms with Crippen molar-refractivity contribution in [1.29, 1.82) is 0 Å². The minimum absolute atomic E-state index is 0.0337. The summed E-state index contributed by atoms with van der Waals surface area (Å²) < 4.78 is 10.6. The van der Waals surface area contributed by atoms with Crippen LogP contribution < -0.4 is 5.32 Å². The third kappa shape index (κ3) is 2.63. The van der Waals surface area contributed by atoms with Crippen LogP contribution in [-0.4, -0.2) is 34.8 Å². The van der Waals surface area contributed by atoms with Crippen molar-refractivity contribution in [1.82, 2.24) is 15.5 Å². The second-order valence-electron chi connectivity index (χ2n) is 4.75. The Labute approximate surface area is 120 Å². The first kappa shape index (κ1) is 13.7. The van der Waals surface area contributed by atoms with Gasteiger partial charge in [-0.15, -0.1) is 0 Å². The number of nitro benzene ring substituents is 1. The number of morpholine rings is 1. The Kier molecular flexibility index (Phi) is 3.63. The maximum Gasteiger partial charge on any atom is 0.273 e. The molecule has 0 saturated carbocycles. The number of rotatable bonds is 3. The second kappa shape index (κ2) is 5.58. The van der Waals surface area contributed by atoms with Crippen LogP contribution in [0.15, 0.2) is 22.7 Å². The largest absolute Gasteiger partial charge is 0.378 e. The molecule has 2 heterocycles. The zero-order chi connectivity index (χ0) is 14.8. The SMILES string of the molecule is Cc1c(-c2nc(C3COCCN3)no2)cccc1[N+](=O)[O-]. The second-order valence-corrected chi connectivity index (χ2v) is 4.75. The van der Waals surface area contributed by atoms with Crippen molar-refractivity contribution in [2.75, 3.05) is 19.8 Å². The third-order valence-electron chi connectivity index (χ3n) is 3.41. The Balaban J connectivity index is 1.93. The molecule has 3 rings (SSSR count). The average molecular weight is 290 g/mol. The minimum atomic E-state index is -0.424. The lowest BCUT2D eigenvalue weighted by molar-refractivity contribution is -0.385. The number of ether oxygens (including phenoxy) is 1. The molecule has 0 spiro atoms. The highest BCUT2D eigenvalue weighted by Gasteiger charge is 2.23. The van der Waals surface area contributed by atoms with E-state index < -0.39 is 4.92 Å². The summed E-state index contributed by atoms with van der Waals surface area (Å²) in [4.78, 5) is 14.9. The van der Waals surface area contributed by atoms with Crippen LogP contribution in [-0.2, 0) is 4.74 Å². The lowest BCUT2D eigenvalue weighted by Gasteiger charge is -2.20. The molecule has 110 valence electrons. The zero-order valence-electron chi connectivity index (χ0n) is 11.4. The Bertz CT molecular complexity index is 664. The molecule has 1 aliphatic heterocycles. The van der Waals surface area contributed by atoms with Crippen LogP contribution in [0.4, 0.5) is 5.69 Å². The van der Waals surface area contributed by atoms with E-state index >= 15 is 0 Å². The molecular weight excluding hydrogens is 276 g/mol. The van der Waals surface area contributed by atoms with Gasteiger partial charge in [0.1, 0.15) is 0 Å². The molecule has 0 amide bonds. The van der Waals surface area contributed by atoms with Crippen molar-refractivity contribution in [2.45, 2.75) is 13.0 Å². The van der Waals surface area contributed by atoms with Crippen LogP contribution in [0.3, 0.4) is 0 Å². The van der Waals surface area contributed by atoms with Crippen LogP contribution in [0.5, 0.6) is 0 Å². The molecule has 1 aromatic carbocycles. The van der Waals surface area contributed by atoms with Gasteiger partial charge < -0.3 is 14.6 Å². The highest BCUT2D eigenvalue weighted by atomic mass is 16.6. The lowest BCUT2D eigenvalue weighted by Crippen LogP contribution is -2.35. The minimum Gasteiger partial charge on any atom is -0.378 e. The first-order chi connectivity index (χ1) is 10.2. The van der Waals surface area contributed by atoms with Gasteiger partial charge in [0.2, 0.25) is 0 Å². The number of hydrogen-bond donors (Lipinski definition) is 1. The van der Waals surface area contributed by atoms with Crippen molar-refractivity contribution >= 4 is 5.69 Å². The average Bonchev–Trinajstić information content (AvgIpc) is 2.98. The van der Waals surface area contributed by atoms with Crippen molar-refractivity contribution in [2.24, 2.45) is 0 Å². The number of nitro groups is 1. The van der Waals surface area contributed by atoms with E-state index in [1.807, 2.05) is 0 Å². The van der Waals surface area contributed by atoms with E-state index in [9.17, 15) is 10.1 Å². The third-order valence-corrected chi connectivity index (χ3v) is 3.41. The van der Waals surface area contributed by atoms with Gasteiger partial charge in [-0.3, -0.25) is 10.1 Å². The van der Waals surface area contributed by atoms with E-state index in [-0.39, 0.29) is 17.6 Å². The molecule has 8 heteroatoms. The molecule has 1 aliphatic rings. The molecule has 2 aromatic rings. The summed E-state index contributed by atoms with van der Waals surface area (Å²) in [6.07, 6.45) is 0. The lowest BCUT2D eigenvalue weighted by atomic mass is 10.1. The highest BCUT2D eigenvalue weighted by molar-refractivity contribution is 5.64. The maximum absolute atomic E-state index is 11.0. The van der Waals surface area contributed by atoms with Gasteiger partial charge in [-0.2, -0.15) is 4.98 Å². The molecule has 1 fully saturated rings. The van der Waals surface area contributed by atoms with Gasteiger partial charge in [0, 0.05) is 23.7 Å².